The van der Waals surface area contributed by atoms with Gasteiger partial charge < -0.3 is 74.4 Å². The van der Waals surface area contributed by atoms with Gasteiger partial charge in [0.1, 0.15) is 61.0 Å². The molecule has 9 N–H and O–H groups in total. The second-order valence-corrected chi connectivity index (χ2v) is 19.9. The zero-order valence-electron chi connectivity index (χ0n) is 36.7. The molecule has 3 aliphatic heterocycles. The van der Waals surface area contributed by atoms with Crippen molar-refractivity contribution in [3.8, 4) is 0 Å². The maximum Gasteiger partial charge on any atom is 0.187 e. The molecule has 17 heteroatoms. The molecule has 0 spiro atoms. The Hall–Kier alpha value is -1.78. The number of hydrogen-bond acceptors (Lipinski definition) is 17. The van der Waals surface area contributed by atoms with Crippen molar-refractivity contribution in [3.05, 3.63) is 22.8 Å². The highest BCUT2D eigenvalue weighted by Crippen LogP contribution is 2.66. The van der Waals surface area contributed by atoms with E-state index in [4.69, 9.17) is 28.4 Å². The third-order valence-corrected chi connectivity index (χ3v) is 16.0. The molecule has 0 amide bonds. The molecule has 62 heavy (non-hydrogen) atoms. The van der Waals surface area contributed by atoms with Crippen molar-refractivity contribution >= 4 is 11.6 Å². The van der Waals surface area contributed by atoms with Crippen LogP contribution in [0.3, 0.4) is 0 Å². The van der Waals surface area contributed by atoms with Crippen LogP contribution >= 0.6 is 0 Å². The summed E-state index contributed by atoms with van der Waals surface area (Å²) in [5.41, 5.74) is 1.86. The van der Waals surface area contributed by atoms with Gasteiger partial charge in [0.2, 0.25) is 0 Å². The Morgan fingerprint density at radius 3 is 1.95 bits per heavy atom. The summed E-state index contributed by atoms with van der Waals surface area (Å²) < 4.78 is 36.7. The van der Waals surface area contributed by atoms with E-state index in [9.17, 15) is 55.5 Å². The van der Waals surface area contributed by atoms with Gasteiger partial charge in [0.25, 0.3) is 0 Å². The molecular weight excluding hydrogens is 812 g/mol. The molecule has 4 aliphatic carbocycles. The minimum Gasteiger partial charge on any atom is -0.396 e. The molecular formula is C45H70O17. The summed E-state index contributed by atoms with van der Waals surface area (Å²) in [6.45, 7) is 10.4. The quantitative estimate of drug-likeness (QED) is 0.0943. The van der Waals surface area contributed by atoms with Gasteiger partial charge >= 0.3 is 0 Å². The first-order valence-electron chi connectivity index (χ1n) is 22.6. The number of allylic oxidation sites excluding steroid dienone is 3. The third kappa shape index (κ3) is 8.68. The van der Waals surface area contributed by atoms with E-state index in [1.807, 2.05) is 6.92 Å². The smallest absolute Gasteiger partial charge is 0.187 e. The molecule has 7 rings (SSSR count). The largest absolute Gasteiger partial charge is 0.396 e. The standard InChI is InChI=1S/C45H70O17/c1-19(17-46)7-10-28(48)20(2)31-29(49)16-27-25-9-8-23-15-24(11-13-44(23,5)26(25)12-14-45(27,31)6)59-43-40(62-42-38(56)36(54)33(51)22(4)58-42)39(34(52)30(18-47)60-43)61-41-37(55)35(53)32(50)21(3)57-41/h8,19,21-22,24-27,30,32-43,46-47,50-56H,7,9-18H2,1-6H3/t19-,21+,22+,24+,25-,26+,27+,30-,32+,33+,34-,35-,36-,37-,38-,39+,40-,41+,42+,43-,44+,45+/m1/s1. The lowest BCUT2D eigenvalue weighted by Crippen LogP contribution is -2.67. The number of Topliss-reactive ketones (excluding diaryl/α,β-unsaturated/α-hetero) is 2. The van der Waals surface area contributed by atoms with Gasteiger partial charge in [0.15, 0.2) is 30.4 Å². The maximum atomic E-state index is 13.8. The van der Waals surface area contributed by atoms with Gasteiger partial charge in [-0.05, 0) is 106 Å². The van der Waals surface area contributed by atoms with Crippen LogP contribution in [0.15, 0.2) is 22.8 Å². The second kappa shape index (κ2) is 18.8. The summed E-state index contributed by atoms with van der Waals surface area (Å²) in [4.78, 5) is 27.2. The van der Waals surface area contributed by atoms with E-state index in [1.165, 1.54) is 19.4 Å². The SMILES string of the molecule is CC(C(=O)CC[C@@H](C)CO)=C1C(=O)C[C@H]2[C@@H]3CC=C4C[C@@H](O[C@@H]5O[C@H](CO)[C@@H](O)[C@H](O[C@@H]6O[C@@H](C)[C@H](O)[C@@H](O)[C@H]6O)[C@H]5O[C@@H]5O[C@@H](C)[C@H](O)[C@@H](O)[C@H]5O)CC[C@]4(C)[C@H]3CC[C@]12C. The first-order valence-corrected chi connectivity index (χ1v) is 22.6. The Balaban J connectivity index is 1.12. The minimum absolute atomic E-state index is 0.00761. The Labute approximate surface area is 363 Å². The maximum absolute atomic E-state index is 13.8. The van der Waals surface area contributed by atoms with Gasteiger partial charge in [0, 0.05) is 25.0 Å². The van der Waals surface area contributed by atoms with Crippen LogP contribution in [-0.4, -0.2) is 169 Å². The van der Waals surface area contributed by atoms with E-state index in [0.717, 1.165) is 25.7 Å². The van der Waals surface area contributed by atoms with Gasteiger partial charge in [-0.3, -0.25) is 9.59 Å². The van der Waals surface area contributed by atoms with Crippen LogP contribution in [0, 0.1) is 34.5 Å². The summed E-state index contributed by atoms with van der Waals surface area (Å²) >= 11 is 0. The molecule has 0 radical (unpaired) electrons. The van der Waals surface area contributed by atoms with Crippen LogP contribution in [-0.2, 0) is 38.0 Å². The predicted octanol–water partition coefficient (Wildman–Crippen LogP) is 0.311. The average molecular weight is 883 g/mol. The predicted molar refractivity (Wildman–Crippen MR) is 216 cm³/mol. The molecule has 0 unspecified atom stereocenters. The van der Waals surface area contributed by atoms with Gasteiger partial charge in [-0.1, -0.05) is 32.4 Å². The van der Waals surface area contributed by atoms with Crippen molar-refractivity contribution in [1.29, 1.82) is 0 Å². The van der Waals surface area contributed by atoms with Crippen LogP contribution < -0.4 is 0 Å². The van der Waals surface area contributed by atoms with Crippen molar-refractivity contribution in [2.45, 2.75) is 198 Å². The lowest BCUT2D eigenvalue weighted by Gasteiger charge is -2.57. The molecule has 0 aromatic carbocycles. The van der Waals surface area contributed by atoms with Crippen molar-refractivity contribution in [3.63, 3.8) is 0 Å². The van der Waals surface area contributed by atoms with Crippen molar-refractivity contribution in [2.75, 3.05) is 13.2 Å². The van der Waals surface area contributed by atoms with Crippen molar-refractivity contribution < 1.29 is 84.0 Å². The van der Waals surface area contributed by atoms with E-state index >= 15 is 0 Å². The molecule has 3 saturated carbocycles. The number of ether oxygens (including phenoxy) is 6. The van der Waals surface area contributed by atoms with E-state index < -0.39 is 110 Å². The average Bonchev–Trinajstić information content (AvgIpc) is 3.52. The number of aliphatic hydroxyl groups excluding tert-OH is 9. The molecule has 352 valence electrons. The van der Waals surface area contributed by atoms with Crippen LogP contribution in [0.4, 0.5) is 0 Å². The second-order valence-electron chi connectivity index (χ2n) is 19.9. The van der Waals surface area contributed by atoms with Crippen molar-refractivity contribution in [1.82, 2.24) is 0 Å². The zero-order chi connectivity index (χ0) is 45.2. The summed E-state index contributed by atoms with van der Waals surface area (Å²) in [5.74, 6) is 0.665. The number of hydrogen-bond donors (Lipinski definition) is 9. The van der Waals surface area contributed by atoms with Crippen LogP contribution in [0.25, 0.3) is 0 Å². The number of carbonyl (C=O) groups excluding carboxylic acids is 2. The number of carbonyl (C=O) groups is 2. The van der Waals surface area contributed by atoms with Gasteiger partial charge in [-0.15, -0.1) is 0 Å². The van der Waals surface area contributed by atoms with Crippen molar-refractivity contribution in [2.24, 2.45) is 34.5 Å². The fourth-order valence-electron chi connectivity index (χ4n) is 12.0. The van der Waals surface area contributed by atoms with E-state index in [-0.39, 0.29) is 47.3 Å². The van der Waals surface area contributed by atoms with E-state index in [0.29, 0.717) is 43.3 Å². The molecule has 0 bridgehead atoms. The Morgan fingerprint density at radius 2 is 1.35 bits per heavy atom. The monoisotopic (exact) mass is 882 g/mol. The lowest BCUT2D eigenvalue weighted by molar-refractivity contribution is -0.393. The molecule has 6 fully saturated rings. The van der Waals surface area contributed by atoms with Gasteiger partial charge in [-0.25, -0.2) is 0 Å². The van der Waals surface area contributed by atoms with Crippen LogP contribution in [0.1, 0.15) is 99.3 Å². The number of ketones is 2. The van der Waals surface area contributed by atoms with E-state index in [2.05, 4.69) is 19.9 Å². The molecule has 0 aromatic heterocycles. The Kier molecular flexibility index (Phi) is 14.6. The van der Waals surface area contributed by atoms with Gasteiger partial charge in [0.05, 0.1) is 24.9 Å². The minimum atomic E-state index is -1.77. The Bertz CT molecular complexity index is 1690. The van der Waals surface area contributed by atoms with Crippen LogP contribution in [0.5, 0.6) is 0 Å². The highest BCUT2D eigenvalue weighted by Gasteiger charge is 2.61. The number of fused-ring (bicyclic) bond motifs is 5. The molecule has 17 nitrogen and oxygen atoms in total. The number of aliphatic hydroxyl groups is 9. The fourth-order valence-corrected chi connectivity index (χ4v) is 12.0. The summed E-state index contributed by atoms with van der Waals surface area (Å²) in [6.07, 6.45) is -14.9. The molecule has 3 heterocycles. The fraction of sp³-hybridized carbons (Fsp3) is 0.867. The molecule has 0 aromatic rings. The number of rotatable bonds is 12. The normalized spacial score (nSPS) is 49.6. The first kappa shape index (κ1) is 48.2. The molecule has 22 atom stereocenters. The topological polar surface area (TPSA) is 272 Å². The summed E-state index contributed by atoms with van der Waals surface area (Å²) in [5, 5.41) is 95.1. The Morgan fingerprint density at radius 1 is 0.758 bits per heavy atom. The highest BCUT2D eigenvalue weighted by molar-refractivity contribution is 6.08. The summed E-state index contributed by atoms with van der Waals surface area (Å²) in [7, 11) is 0. The van der Waals surface area contributed by atoms with E-state index in [1.54, 1.807) is 6.92 Å². The highest BCUT2D eigenvalue weighted by atomic mass is 16.8. The molecule has 3 saturated heterocycles. The first-order chi connectivity index (χ1) is 29.2. The molecule has 7 aliphatic rings. The zero-order valence-corrected chi connectivity index (χ0v) is 36.7. The lowest BCUT2D eigenvalue weighted by atomic mass is 9.47. The third-order valence-electron chi connectivity index (χ3n) is 16.0. The van der Waals surface area contributed by atoms with Crippen LogP contribution in [0.2, 0.25) is 0 Å². The summed E-state index contributed by atoms with van der Waals surface area (Å²) in [6, 6.07) is 0. The van der Waals surface area contributed by atoms with Gasteiger partial charge in [-0.2, -0.15) is 0 Å².